The number of fused-ring (bicyclic) bond motifs is 1. The lowest BCUT2D eigenvalue weighted by atomic mass is 10.1. The zero-order valence-corrected chi connectivity index (χ0v) is 13.7. The van der Waals surface area contributed by atoms with Crippen molar-refractivity contribution in [3.63, 3.8) is 0 Å². The van der Waals surface area contributed by atoms with Crippen LogP contribution in [0.4, 0.5) is 5.69 Å². The monoisotopic (exact) mass is 356 g/mol. The molecule has 2 aromatic carbocycles. The second kappa shape index (κ2) is 5.74. The largest absolute Gasteiger partial charge is 0.454 e. The third-order valence-electron chi connectivity index (χ3n) is 3.54. The van der Waals surface area contributed by atoms with Crippen molar-refractivity contribution in [2.75, 3.05) is 0 Å². The van der Waals surface area contributed by atoms with Gasteiger partial charge in [0.2, 0.25) is 0 Å². The fourth-order valence-corrected chi connectivity index (χ4v) is 3.59. The molecule has 0 aliphatic heterocycles. The summed E-state index contributed by atoms with van der Waals surface area (Å²) in [5.74, 6) is 1.18. The molecule has 0 fully saturated rings. The van der Waals surface area contributed by atoms with E-state index in [9.17, 15) is 10.1 Å². The van der Waals surface area contributed by atoms with Crippen LogP contribution in [0.5, 0.6) is 0 Å². The van der Waals surface area contributed by atoms with Crippen LogP contribution in [0.1, 0.15) is 0 Å². The van der Waals surface area contributed by atoms with Crippen molar-refractivity contribution in [3.8, 4) is 22.1 Å². The molecule has 0 bridgehead atoms. The Balaban J connectivity index is 1.73. The molecule has 4 aromatic rings. The third kappa shape index (κ3) is 2.55. The molecule has 0 aliphatic rings. The molecule has 7 heteroatoms. The number of furan rings is 1. The van der Waals surface area contributed by atoms with E-state index in [1.807, 2.05) is 30.3 Å². The number of nitro groups is 1. The maximum atomic E-state index is 10.8. The zero-order valence-electron chi connectivity index (χ0n) is 12.1. The quantitative estimate of drug-likeness (QED) is 0.344. The highest BCUT2D eigenvalue weighted by Crippen LogP contribution is 2.36. The number of hydrogen-bond acceptors (Lipinski definition) is 5. The first-order valence-corrected chi connectivity index (χ1v) is 8.21. The van der Waals surface area contributed by atoms with Gasteiger partial charge in [-0.1, -0.05) is 23.7 Å². The number of benzene rings is 2. The maximum absolute atomic E-state index is 10.8. The topological polar surface area (TPSA) is 69.2 Å². The lowest BCUT2D eigenvalue weighted by Gasteiger charge is -2.00. The Bertz CT molecular complexity index is 1040. The number of nitro benzene ring substituents is 1. The van der Waals surface area contributed by atoms with Crippen molar-refractivity contribution in [3.05, 3.63) is 69.7 Å². The van der Waals surface area contributed by atoms with Gasteiger partial charge in [-0.05, 0) is 30.3 Å². The fraction of sp³-hybridized carbons (Fsp3) is 0. The van der Waals surface area contributed by atoms with Crippen LogP contribution in [-0.4, -0.2) is 9.91 Å². The van der Waals surface area contributed by atoms with Gasteiger partial charge in [-0.3, -0.25) is 10.1 Å². The molecule has 0 amide bonds. The molecule has 2 heterocycles. The Morgan fingerprint density at radius 2 is 1.88 bits per heavy atom. The van der Waals surface area contributed by atoms with Crippen LogP contribution in [0.15, 0.2) is 59.0 Å². The van der Waals surface area contributed by atoms with Crippen LogP contribution in [0, 0.1) is 10.1 Å². The van der Waals surface area contributed by atoms with Crippen LogP contribution in [0.2, 0.25) is 5.02 Å². The van der Waals surface area contributed by atoms with Crippen molar-refractivity contribution in [2.45, 2.75) is 0 Å². The molecule has 2 aromatic heterocycles. The Hall–Kier alpha value is -2.70. The first kappa shape index (κ1) is 14.9. The van der Waals surface area contributed by atoms with Crippen molar-refractivity contribution in [1.82, 2.24) is 4.98 Å². The number of hydrogen-bond donors (Lipinski definition) is 0. The number of rotatable bonds is 3. The average Bonchev–Trinajstić information content (AvgIpc) is 3.21. The predicted octanol–water partition coefficient (Wildman–Crippen LogP) is 5.78. The summed E-state index contributed by atoms with van der Waals surface area (Å²) < 4.78 is 6.94. The summed E-state index contributed by atoms with van der Waals surface area (Å²) in [5, 5.41) is 11.8. The number of thiazole rings is 1. The van der Waals surface area contributed by atoms with Crippen LogP contribution >= 0.6 is 22.9 Å². The van der Waals surface area contributed by atoms with Gasteiger partial charge in [0.1, 0.15) is 5.76 Å². The van der Waals surface area contributed by atoms with Gasteiger partial charge in [0.05, 0.1) is 20.2 Å². The van der Waals surface area contributed by atoms with E-state index in [2.05, 4.69) is 4.98 Å². The minimum Gasteiger partial charge on any atom is -0.454 e. The number of para-hydroxylation sites is 1. The van der Waals surface area contributed by atoms with Crippen molar-refractivity contribution >= 4 is 38.8 Å². The molecule has 118 valence electrons. The maximum Gasteiger partial charge on any atom is 0.270 e. The first-order valence-electron chi connectivity index (χ1n) is 7.02. The van der Waals surface area contributed by atoms with E-state index in [1.54, 1.807) is 23.5 Å². The molecule has 0 radical (unpaired) electrons. The molecule has 24 heavy (non-hydrogen) atoms. The summed E-state index contributed by atoms with van der Waals surface area (Å²) in [7, 11) is 0. The first-order chi connectivity index (χ1) is 11.6. The van der Waals surface area contributed by atoms with Crippen molar-refractivity contribution in [1.29, 1.82) is 0 Å². The minimum absolute atomic E-state index is 0.0540. The van der Waals surface area contributed by atoms with E-state index >= 15 is 0 Å². The van der Waals surface area contributed by atoms with Crippen LogP contribution in [-0.2, 0) is 0 Å². The van der Waals surface area contributed by atoms with E-state index < -0.39 is 4.92 Å². The summed E-state index contributed by atoms with van der Waals surface area (Å²) in [6, 6.07) is 15.8. The van der Waals surface area contributed by atoms with Crippen LogP contribution < -0.4 is 0 Å². The fourth-order valence-electron chi connectivity index (χ4n) is 2.39. The van der Waals surface area contributed by atoms with Gasteiger partial charge in [-0.2, -0.15) is 0 Å². The molecule has 0 N–H and O–H groups in total. The van der Waals surface area contributed by atoms with Crippen LogP contribution in [0.25, 0.3) is 32.3 Å². The van der Waals surface area contributed by atoms with E-state index in [0.29, 0.717) is 17.1 Å². The highest BCUT2D eigenvalue weighted by Gasteiger charge is 2.15. The van der Waals surface area contributed by atoms with Gasteiger partial charge in [-0.15, -0.1) is 11.3 Å². The van der Waals surface area contributed by atoms with Gasteiger partial charge < -0.3 is 4.42 Å². The molecular weight excluding hydrogens is 348 g/mol. The standard InChI is InChI=1S/C17H9ClN2O3S/c18-12-9-10(20(21)22)5-6-11(12)14-7-8-15(23-14)17-19-13-3-1-2-4-16(13)24-17/h1-9H. The van der Waals surface area contributed by atoms with E-state index in [1.165, 1.54) is 12.1 Å². The average molecular weight is 357 g/mol. The molecule has 0 spiro atoms. The van der Waals surface area contributed by atoms with Crippen molar-refractivity contribution in [2.24, 2.45) is 0 Å². The number of non-ortho nitro benzene ring substituents is 1. The van der Waals surface area contributed by atoms with Gasteiger partial charge in [-0.25, -0.2) is 4.98 Å². The molecule has 0 unspecified atom stereocenters. The molecule has 5 nitrogen and oxygen atoms in total. The molecule has 0 atom stereocenters. The Morgan fingerprint density at radius 3 is 2.62 bits per heavy atom. The summed E-state index contributed by atoms with van der Waals surface area (Å²) in [5.41, 5.74) is 1.47. The lowest BCUT2D eigenvalue weighted by Crippen LogP contribution is -1.88. The van der Waals surface area contributed by atoms with Gasteiger partial charge >= 0.3 is 0 Å². The Kier molecular flexibility index (Phi) is 3.55. The van der Waals surface area contributed by atoms with Crippen LogP contribution in [0.3, 0.4) is 0 Å². The second-order valence-corrected chi connectivity index (χ2v) is 6.51. The number of aromatic nitrogens is 1. The van der Waals surface area contributed by atoms with Gasteiger partial charge in [0.15, 0.2) is 10.8 Å². The number of nitrogens with zero attached hydrogens (tertiary/aromatic N) is 2. The predicted molar refractivity (Wildman–Crippen MR) is 94.4 cm³/mol. The molecule has 0 saturated heterocycles. The zero-order chi connectivity index (χ0) is 16.7. The summed E-state index contributed by atoms with van der Waals surface area (Å²) in [6.45, 7) is 0. The smallest absolute Gasteiger partial charge is 0.270 e. The molecule has 4 rings (SSSR count). The summed E-state index contributed by atoms with van der Waals surface area (Å²) in [4.78, 5) is 14.9. The highest BCUT2D eigenvalue weighted by atomic mass is 35.5. The van der Waals surface area contributed by atoms with Crippen molar-refractivity contribution < 1.29 is 9.34 Å². The molecule has 0 saturated carbocycles. The van der Waals surface area contributed by atoms with Gasteiger partial charge in [0, 0.05) is 17.7 Å². The van der Waals surface area contributed by atoms with Gasteiger partial charge in [0.25, 0.3) is 5.69 Å². The summed E-state index contributed by atoms with van der Waals surface area (Å²) in [6.07, 6.45) is 0. The minimum atomic E-state index is -0.482. The Labute approximate surface area is 145 Å². The van der Waals surface area contributed by atoms with E-state index in [-0.39, 0.29) is 10.7 Å². The number of halogens is 1. The Morgan fingerprint density at radius 1 is 1.08 bits per heavy atom. The van der Waals surface area contributed by atoms with E-state index in [0.717, 1.165) is 15.2 Å². The highest BCUT2D eigenvalue weighted by molar-refractivity contribution is 7.21. The van der Waals surface area contributed by atoms with E-state index in [4.69, 9.17) is 16.0 Å². The second-order valence-electron chi connectivity index (χ2n) is 5.07. The lowest BCUT2D eigenvalue weighted by molar-refractivity contribution is -0.384. The SMILES string of the molecule is O=[N+]([O-])c1ccc(-c2ccc(-c3nc4ccccc4s3)o2)c(Cl)c1. The summed E-state index contributed by atoms with van der Waals surface area (Å²) >= 11 is 7.69. The third-order valence-corrected chi connectivity index (χ3v) is 4.90. The normalized spacial score (nSPS) is 11.0. The molecular formula is C17H9ClN2O3S. The molecule has 0 aliphatic carbocycles.